The van der Waals surface area contributed by atoms with Crippen molar-refractivity contribution >= 4 is 40.0 Å². The van der Waals surface area contributed by atoms with E-state index in [0.29, 0.717) is 9.90 Å². The number of rotatable bonds is 7. The lowest BCUT2D eigenvalue weighted by atomic mass is 10.0. The number of alkyl halides is 3. The van der Waals surface area contributed by atoms with E-state index in [1.165, 1.54) is 35.2 Å². The Balaban J connectivity index is 2.07. The van der Waals surface area contributed by atoms with Gasteiger partial charge in [-0.3, -0.25) is 9.59 Å². The fourth-order valence-corrected chi connectivity index (χ4v) is 3.64. The smallest absolute Gasteiger partial charge is 0.341 e. The predicted molar refractivity (Wildman–Crippen MR) is 92.9 cm³/mol. The number of nitrogens with one attached hydrogen (secondary N) is 2. The number of hydrogen-bond donors (Lipinski definition) is 2. The molecule has 0 aliphatic rings. The molecule has 0 saturated carbocycles. The fourth-order valence-electron chi connectivity index (χ4n) is 1.98. The molecule has 1 aromatic heterocycles. The third kappa shape index (κ3) is 5.99. The van der Waals surface area contributed by atoms with E-state index in [1.807, 2.05) is 12.2 Å². The summed E-state index contributed by atoms with van der Waals surface area (Å²) in [6.07, 6.45) is -5.41. The van der Waals surface area contributed by atoms with Gasteiger partial charge in [0.15, 0.2) is 4.34 Å². The molecule has 2 rings (SSSR count). The fraction of sp³-hybridized carbons (Fsp3) is 0.333. The van der Waals surface area contributed by atoms with Crippen molar-refractivity contribution < 1.29 is 22.8 Å². The van der Waals surface area contributed by atoms with E-state index in [2.05, 4.69) is 15.5 Å². The van der Waals surface area contributed by atoms with Crippen molar-refractivity contribution in [1.29, 1.82) is 0 Å². The van der Waals surface area contributed by atoms with E-state index in [-0.39, 0.29) is 11.6 Å². The van der Waals surface area contributed by atoms with Gasteiger partial charge in [-0.05, 0) is 11.3 Å². The van der Waals surface area contributed by atoms with Crippen molar-refractivity contribution in [1.82, 2.24) is 15.5 Å². The first-order valence-electron chi connectivity index (χ1n) is 7.48. The van der Waals surface area contributed by atoms with Gasteiger partial charge in [-0.25, -0.2) is 0 Å². The van der Waals surface area contributed by atoms with Crippen molar-refractivity contribution in [2.24, 2.45) is 0 Å². The summed E-state index contributed by atoms with van der Waals surface area (Å²) in [6, 6.07) is 6.85. The van der Waals surface area contributed by atoms with Crippen molar-refractivity contribution in [2.45, 2.75) is 29.9 Å². The van der Waals surface area contributed by atoms with Crippen LogP contribution in [0.5, 0.6) is 0 Å². The first-order valence-corrected chi connectivity index (χ1v) is 9.28. The SMILES string of the molecule is CCSc1nnc(NC(=O)CC(NC(=O)C(F)(F)F)c2ccccc2)s1. The number of benzene rings is 1. The van der Waals surface area contributed by atoms with Gasteiger partial charge in [0.1, 0.15) is 0 Å². The van der Waals surface area contributed by atoms with Crippen LogP contribution in [0, 0.1) is 0 Å². The first-order chi connectivity index (χ1) is 12.3. The number of hydrogen-bond acceptors (Lipinski definition) is 6. The van der Waals surface area contributed by atoms with Crippen LogP contribution in [0.15, 0.2) is 34.7 Å². The van der Waals surface area contributed by atoms with Gasteiger partial charge in [-0.15, -0.1) is 10.2 Å². The van der Waals surface area contributed by atoms with Gasteiger partial charge in [0.25, 0.3) is 0 Å². The summed E-state index contributed by atoms with van der Waals surface area (Å²) >= 11 is 2.63. The molecular formula is C15H15F3N4O2S2. The van der Waals surface area contributed by atoms with E-state index in [4.69, 9.17) is 0 Å². The zero-order valence-electron chi connectivity index (χ0n) is 13.5. The molecule has 1 atom stereocenters. The second kappa shape index (κ2) is 8.99. The molecule has 6 nitrogen and oxygen atoms in total. The molecule has 26 heavy (non-hydrogen) atoms. The minimum absolute atomic E-state index is 0.250. The maximum absolute atomic E-state index is 12.6. The third-order valence-corrected chi connectivity index (χ3v) is 4.93. The molecule has 0 aliphatic heterocycles. The summed E-state index contributed by atoms with van der Waals surface area (Å²) in [5, 5.41) is 12.3. The summed E-state index contributed by atoms with van der Waals surface area (Å²) in [6.45, 7) is 1.94. The molecule has 2 amide bonds. The van der Waals surface area contributed by atoms with Crippen LogP contribution in [-0.2, 0) is 9.59 Å². The van der Waals surface area contributed by atoms with Crippen LogP contribution in [0.1, 0.15) is 24.9 Å². The van der Waals surface area contributed by atoms with Crippen LogP contribution >= 0.6 is 23.1 Å². The monoisotopic (exact) mass is 404 g/mol. The highest BCUT2D eigenvalue weighted by atomic mass is 32.2. The van der Waals surface area contributed by atoms with Gasteiger partial charge in [-0.2, -0.15) is 13.2 Å². The number of halogens is 3. The minimum atomic E-state index is -5.03. The molecule has 0 bridgehead atoms. The molecule has 0 radical (unpaired) electrons. The Morgan fingerprint density at radius 1 is 1.23 bits per heavy atom. The Morgan fingerprint density at radius 2 is 1.92 bits per heavy atom. The standard InChI is InChI=1S/C15H15F3N4O2S2/c1-2-25-14-22-21-13(26-14)20-11(23)8-10(9-6-4-3-5-7-9)19-12(24)15(16,17)18/h3-7,10H,2,8H2,1H3,(H,19,24)(H,20,21,23). The maximum Gasteiger partial charge on any atom is 0.471 e. The zero-order valence-corrected chi connectivity index (χ0v) is 15.2. The Kier molecular flexibility index (Phi) is 6.98. The zero-order chi connectivity index (χ0) is 19.2. The van der Waals surface area contributed by atoms with Gasteiger partial charge >= 0.3 is 12.1 Å². The van der Waals surface area contributed by atoms with Crippen LogP contribution < -0.4 is 10.6 Å². The molecule has 11 heteroatoms. The molecule has 0 fully saturated rings. The third-order valence-electron chi connectivity index (χ3n) is 3.07. The van der Waals surface area contributed by atoms with Crippen molar-refractivity contribution in [3.63, 3.8) is 0 Å². The molecule has 0 spiro atoms. The highest BCUT2D eigenvalue weighted by molar-refractivity contribution is 8.01. The van der Waals surface area contributed by atoms with Crippen LogP contribution in [-0.4, -0.2) is 33.9 Å². The molecule has 0 aliphatic carbocycles. The number of anilines is 1. The topological polar surface area (TPSA) is 84.0 Å². The van der Waals surface area contributed by atoms with Crippen LogP contribution in [0.25, 0.3) is 0 Å². The largest absolute Gasteiger partial charge is 0.471 e. The van der Waals surface area contributed by atoms with Gasteiger partial charge in [0.2, 0.25) is 11.0 Å². The molecule has 1 unspecified atom stereocenters. The Hall–Kier alpha value is -2.14. The van der Waals surface area contributed by atoms with E-state index < -0.39 is 24.0 Å². The van der Waals surface area contributed by atoms with Crippen LogP contribution in [0.2, 0.25) is 0 Å². The number of thioether (sulfide) groups is 1. The van der Waals surface area contributed by atoms with Gasteiger partial charge in [-0.1, -0.05) is 60.4 Å². The summed E-state index contributed by atoms with van der Waals surface area (Å²) < 4.78 is 38.3. The summed E-state index contributed by atoms with van der Waals surface area (Å²) in [4.78, 5) is 23.5. The average molecular weight is 404 g/mol. The Bertz CT molecular complexity index is 753. The minimum Gasteiger partial charge on any atom is -0.341 e. The second-order valence-electron chi connectivity index (χ2n) is 4.99. The molecule has 1 aromatic carbocycles. The normalized spacial score (nSPS) is 12.5. The molecule has 0 saturated heterocycles. The number of nitrogens with zero attached hydrogens (tertiary/aromatic N) is 2. The molecule has 1 heterocycles. The number of amides is 2. The van der Waals surface area contributed by atoms with Gasteiger partial charge < -0.3 is 10.6 Å². The van der Waals surface area contributed by atoms with Gasteiger partial charge in [0, 0.05) is 0 Å². The number of carbonyl (C=O) groups is 2. The van der Waals surface area contributed by atoms with E-state index in [0.717, 1.165) is 5.75 Å². The summed E-state index contributed by atoms with van der Waals surface area (Å²) in [5.41, 5.74) is 0.389. The van der Waals surface area contributed by atoms with E-state index in [9.17, 15) is 22.8 Å². The second-order valence-corrected chi connectivity index (χ2v) is 7.48. The quantitative estimate of drug-likeness (QED) is 0.546. The highest BCUT2D eigenvalue weighted by Crippen LogP contribution is 2.26. The summed E-state index contributed by atoms with van der Waals surface area (Å²) in [5.74, 6) is -1.88. The number of aromatic nitrogens is 2. The van der Waals surface area contributed by atoms with Crippen molar-refractivity contribution in [3.05, 3.63) is 35.9 Å². The lowest BCUT2D eigenvalue weighted by molar-refractivity contribution is -0.174. The van der Waals surface area contributed by atoms with E-state index in [1.54, 1.807) is 18.2 Å². The highest BCUT2D eigenvalue weighted by Gasteiger charge is 2.40. The molecular weight excluding hydrogens is 389 g/mol. The first kappa shape index (κ1) is 20.2. The number of carbonyl (C=O) groups excluding carboxylic acids is 2. The molecule has 2 N–H and O–H groups in total. The van der Waals surface area contributed by atoms with Crippen LogP contribution in [0.4, 0.5) is 18.3 Å². The average Bonchev–Trinajstić information content (AvgIpc) is 3.01. The Labute approximate surface area is 155 Å². The van der Waals surface area contributed by atoms with Crippen LogP contribution in [0.3, 0.4) is 0 Å². The van der Waals surface area contributed by atoms with Crippen molar-refractivity contribution in [3.8, 4) is 0 Å². The van der Waals surface area contributed by atoms with Crippen molar-refractivity contribution in [2.75, 3.05) is 11.1 Å². The summed E-state index contributed by atoms with van der Waals surface area (Å²) in [7, 11) is 0. The van der Waals surface area contributed by atoms with Gasteiger partial charge in [0.05, 0.1) is 12.5 Å². The molecule has 2 aromatic rings. The Morgan fingerprint density at radius 3 is 2.54 bits per heavy atom. The lowest BCUT2D eigenvalue weighted by Gasteiger charge is -2.19. The lowest BCUT2D eigenvalue weighted by Crippen LogP contribution is -2.40. The maximum atomic E-state index is 12.6. The van der Waals surface area contributed by atoms with E-state index >= 15 is 0 Å². The molecule has 140 valence electrons. The predicted octanol–water partition coefficient (Wildman–Crippen LogP) is 3.40.